The summed E-state index contributed by atoms with van der Waals surface area (Å²) in [5, 5.41) is 26.0. The van der Waals surface area contributed by atoms with Gasteiger partial charge in [0, 0.05) is 88.2 Å². The maximum absolute atomic E-state index is 13.2. The van der Waals surface area contributed by atoms with Crippen molar-refractivity contribution in [2.24, 2.45) is 58.4 Å². The molecule has 18 N–H and O–H groups in total. The molecular formula is C68H112N16O20. The van der Waals surface area contributed by atoms with Gasteiger partial charge in [-0.2, -0.15) is 0 Å². The molecule has 0 spiro atoms. The number of methoxy groups -OCH3 is 4. The third-order valence-electron chi connectivity index (χ3n) is 17.6. The molecule has 4 rings (SSSR count). The van der Waals surface area contributed by atoms with Gasteiger partial charge in [0.2, 0.25) is 70.9 Å². The molecule has 0 aliphatic heterocycles. The van der Waals surface area contributed by atoms with Crippen LogP contribution in [0.25, 0.3) is 0 Å². The molecule has 4 aliphatic carbocycles. The van der Waals surface area contributed by atoms with E-state index in [0.717, 1.165) is 75.4 Å². The Bertz CT molecular complexity index is 2760. The SMILES string of the molecule is COC(=O)NCCCC[C@H](NC(=O)OC)C(=O)NCCC(=O)N(CC(=O)NCCC=C(C(N)=O)C1CC1)CC(=O)NCCCC[C@@H](C(N)=O)C1CC1.COC(=O)NCCCC[C@H](NC(=O)OC)C(=O)NCCC(=O)N(CC(=O)NCCC=C(C(N)=O)C1CC1)CC(=O)NCCCC[C@@H](C(N)=O)C1CC1. The molecule has 0 saturated heterocycles. The van der Waals surface area contributed by atoms with Gasteiger partial charge in [-0.25, -0.2) is 19.2 Å². The number of nitrogens with two attached hydrogens (primary N) is 4. The highest BCUT2D eigenvalue weighted by molar-refractivity contribution is 5.94. The molecule has 0 bridgehead atoms. The number of nitrogens with zero attached hydrogens (tertiary/aromatic N) is 2. The minimum atomic E-state index is -0.986. The van der Waals surface area contributed by atoms with Gasteiger partial charge >= 0.3 is 24.4 Å². The van der Waals surface area contributed by atoms with E-state index in [-0.39, 0.29) is 87.3 Å². The maximum Gasteiger partial charge on any atom is 0.407 e. The fourth-order valence-electron chi connectivity index (χ4n) is 11.2. The van der Waals surface area contributed by atoms with Crippen LogP contribution in [0.4, 0.5) is 19.2 Å². The molecule has 4 saturated carbocycles. The predicted octanol–water partition coefficient (Wildman–Crippen LogP) is -0.604. The van der Waals surface area contributed by atoms with Crippen molar-refractivity contribution in [1.29, 1.82) is 0 Å². The first-order chi connectivity index (χ1) is 49.7. The highest BCUT2D eigenvalue weighted by Gasteiger charge is 2.36. The summed E-state index contributed by atoms with van der Waals surface area (Å²) < 4.78 is 18.2. The number of carbonyl (C=O) groups excluding carboxylic acids is 16. The molecule has 36 heteroatoms. The van der Waals surface area contributed by atoms with E-state index < -0.39 is 122 Å². The molecule has 0 aromatic rings. The van der Waals surface area contributed by atoms with Crippen molar-refractivity contribution in [3.63, 3.8) is 0 Å². The average Bonchev–Trinajstić information content (AvgIpc) is 1.67. The highest BCUT2D eigenvalue weighted by Crippen LogP contribution is 2.40. The molecule has 0 aromatic heterocycles. The number of alkyl carbamates (subject to hydrolysis) is 4. The van der Waals surface area contributed by atoms with Gasteiger partial charge in [-0.05, 0) is 152 Å². The summed E-state index contributed by atoms with van der Waals surface area (Å²) in [6.45, 7) is -0.387. The van der Waals surface area contributed by atoms with Crippen LogP contribution in [0.5, 0.6) is 0 Å². The van der Waals surface area contributed by atoms with E-state index in [1.54, 1.807) is 12.2 Å². The van der Waals surface area contributed by atoms with E-state index >= 15 is 0 Å². The van der Waals surface area contributed by atoms with Gasteiger partial charge in [-0.1, -0.05) is 25.0 Å². The molecule has 4 aliphatic rings. The minimum Gasteiger partial charge on any atom is -0.453 e. The van der Waals surface area contributed by atoms with E-state index in [9.17, 15) is 76.7 Å². The fraction of sp³-hybridized carbons (Fsp3) is 0.706. The number of hydrogen-bond donors (Lipinski definition) is 14. The Hall–Kier alpha value is -9.80. The molecule has 0 heterocycles. The molecule has 16 amide bonds. The van der Waals surface area contributed by atoms with Crippen molar-refractivity contribution >= 4 is 95.3 Å². The van der Waals surface area contributed by atoms with Crippen LogP contribution in [0, 0.1) is 35.5 Å². The molecule has 0 aromatic carbocycles. The van der Waals surface area contributed by atoms with E-state index in [1.165, 1.54) is 14.2 Å². The van der Waals surface area contributed by atoms with Crippen LogP contribution in [-0.2, 0) is 76.5 Å². The van der Waals surface area contributed by atoms with Crippen LogP contribution in [0.2, 0.25) is 0 Å². The van der Waals surface area contributed by atoms with Gasteiger partial charge in [-0.3, -0.25) is 57.5 Å². The molecule has 584 valence electrons. The Morgan fingerprint density at radius 1 is 0.365 bits per heavy atom. The lowest BCUT2D eigenvalue weighted by Crippen LogP contribution is -2.49. The molecule has 4 atom stereocenters. The zero-order valence-electron chi connectivity index (χ0n) is 60.6. The number of ether oxygens (including phenoxy) is 4. The topological polar surface area (TPSA) is 541 Å². The van der Waals surface area contributed by atoms with E-state index in [0.29, 0.717) is 126 Å². The smallest absolute Gasteiger partial charge is 0.407 e. The van der Waals surface area contributed by atoms with Crippen LogP contribution in [0.1, 0.15) is 154 Å². The maximum atomic E-state index is 13.2. The third-order valence-corrected chi connectivity index (χ3v) is 17.6. The second kappa shape index (κ2) is 49.7. The normalized spacial score (nSPS) is 14.9. The van der Waals surface area contributed by atoms with Crippen molar-refractivity contribution in [3.05, 3.63) is 23.3 Å². The number of rotatable bonds is 52. The first-order valence-corrected chi connectivity index (χ1v) is 35.8. The zero-order valence-corrected chi connectivity index (χ0v) is 60.6. The lowest BCUT2D eigenvalue weighted by atomic mass is 9.96. The predicted molar refractivity (Wildman–Crippen MR) is 375 cm³/mol. The van der Waals surface area contributed by atoms with Crippen molar-refractivity contribution in [2.75, 3.05) is 107 Å². The summed E-state index contributed by atoms with van der Waals surface area (Å²) in [6, 6.07) is -1.97. The van der Waals surface area contributed by atoms with Crippen LogP contribution in [0.3, 0.4) is 0 Å². The second-order valence-electron chi connectivity index (χ2n) is 26.0. The Morgan fingerprint density at radius 3 is 0.942 bits per heavy atom. The Morgan fingerprint density at radius 2 is 0.663 bits per heavy atom. The van der Waals surface area contributed by atoms with Gasteiger partial charge in [0.25, 0.3) is 0 Å². The van der Waals surface area contributed by atoms with Crippen molar-refractivity contribution in [3.8, 4) is 0 Å². The Labute approximate surface area is 606 Å². The summed E-state index contributed by atoms with van der Waals surface area (Å²) in [7, 11) is 4.79. The third kappa shape index (κ3) is 39.0. The van der Waals surface area contributed by atoms with Crippen LogP contribution in [0.15, 0.2) is 23.3 Å². The molecule has 0 unspecified atom stereocenters. The number of unbranched alkanes of at least 4 members (excludes halogenated alkanes) is 4. The standard InChI is InChI=1S/2C34H56N8O10/c2*1-51-33(49)40-17-6-4-10-26(41-34(50)52-2)32(48)39-19-15-29(45)42(21-28(44)38-18-7-9-25(31(36)47)23-13-14-23)20-27(43)37-16-5-3-8-24(30(35)46)22-11-12-22/h2*9,22-24,26H,3-8,10-21H2,1-2H3,(H2,35,46)(H2,36,47)(H,37,43)(H,38,44)(H,39,48)(H,40,49)(H,41,50)/t2*24-,26+/m11/s1. The van der Waals surface area contributed by atoms with Crippen LogP contribution >= 0.6 is 0 Å². The largest absolute Gasteiger partial charge is 0.453 e. The summed E-state index contributed by atoms with van der Waals surface area (Å²) in [5.74, 6) is -5.19. The summed E-state index contributed by atoms with van der Waals surface area (Å²) in [5.41, 5.74) is 23.0. The molecular weight excluding hydrogens is 1360 g/mol. The first-order valence-electron chi connectivity index (χ1n) is 35.8. The molecule has 104 heavy (non-hydrogen) atoms. The summed E-state index contributed by atoms with van der Waals surface area (Å²) in [6.07, 6.45) is 14.6. The van der Waals surface area contributed by atoms with Crippen molar-refractivity contribution in [2.45, 2.75) is 166 Å². The van der Waals surface area contributed by atoms with Gasteiger partial charge in [0.1, 0.15) is 38.3 Å². The fourth-order valence-corrected chi connectivity index (χ4v) is 11.2. The van der Waals surface area contributed by atoms with Crippen molar-refractivity contribution in [1.82, 2.24) is 63.0 Å². The van der Waals surface area contributed by atoms with Crippen LogP contribution < -0.4 is 76.1 Å². The summed E-state index contributed by atoms with van der Waals surface area (Å²) >= 11 is 0. The highest BCUT2D eigenvalue weighted by atomic mass is 16.5. The molecule has 0 radical (unpaired) electrons. The van der Waals surface area contributed by atoms with Crippen LogP contribution in [-0.4, -0.2) is 224 Å². The lowest BCUT2D eigenvalue weighted by molar-refractivity contribution is -0.139. The van der Waals surface area contributed by atoms with E-state index in [1.807, 2.05) is 0 Å². The van der Waals surface area contributed by atoms with Gasteiger partial charge in [0.15, 0.2) is 0 Å². The van der Waals surface area contributed by atoms with Crippen molar-refractivity contribution < 1.29 is 95.7 Å². The monoisotopic (exact) mass is 1470 g/mol. The van der Waals surface area contributed by atoms with E-state index in [4.69, 9.17) is 22.9 Å². The number of primary amides is 4. The van der Waals surface area contributed by atoms with E-state index in [2.05, 4.69) is 72.1 Å². The Balaban J connectivity index is 0.000000540. The number of amides is 16. The number of carbonyl (C=O) groups is 16. The quantitative estimate of drug-likeness (QED) is 0.0205. The van der Waals surface area contributed by atoms with Gasteiger partial charge < -0.3 is 105 Å². The first kappa shape index (κ1) is 88.4. The Kier molecular flexibility index (Phi) is 42.3. The zero-order chi connectivity index (χ0) is 76.9. The van der Waals surface area contributed by atoms with Gasteiger partial charge in [-0.15, -0.1) is 0 Å². The average molecular weight is 1470 g/mol. The number of hydrogen-bond acceptors (Lipinski definition) is 20. The molecule has 36 nitrogen and oxygen atoms in total. The minimum absolute atomic E-state index is 0.148. The molecule has 4 fully saturated rings. The summed E-state index contributed by atoms with van der Waals surface area (Å²) in [4.78, 5) is 199. The lowest BCUT2D eigenvalue weighted by Gasteiger charge is -2.22. The number of nitrogens with one attached hydrogen (secondary N) is 10. The van der Waals surface area contributed by atoms with Gasteiger partial charge in [0.05, 0.1) is 28.4 Å². The second-order valence-corrected chi connectivity index (χ2v) is 26.0.